The van der Waals surface area contributed by atoms with Gasteiger partial charge in [0, 0.05) is 22.1 Å². The summed E-state index contributed by atoms with van der Waals surface area (Å²) in [6.07, 6.45) is 0. The van der Waals surface area contributed by atoms with Crippen LogP contribution in [0.5, 0.6) is 0 Å². The number of nitro groups is 1. The number of carbonyl (C=O) groups is 1. The Balaban J connectivity index is 2.88. The summed E-state index contributed by atoms with van der Waals surface area (Å²) in [6, 6.07) is 2.78. The van der Waals surface area contributed by atoms with Crippen LogP contribution in [0.4, 0.5) is 10.1 Å². The van der Waals surface area contributed by atoms with Crippen molar-refractivity contribution in [2.45, 2.75) is 30.4 Å². The van der Waals surface area contributed by atoms with Crippen LogP contribution in [0.2, 0.25) is 0 Å². The maximum atomic E-state index is 13.9. The van der Waals surface area contributed by atoms with E-state index in [1.807, 2.05) is 0 Å². The summed E-state index contributed by atoms with van der Waals surface area (Å²) in [7, 11) is 0. The third-order valence-corrected chi connectivity index (χ3v) is 4.32. The van der Waals surface area contributed by atoms with E-state index >= 15 is 0 Å². The first-order valence-electron chi connectivity index (χ1n) is 5.71. The molecule has 0 heterocycles. The molecule has 0 saturated carbocycles. The number of carboxylic acid groups (broad SMARTS) is 1. The fourth-order valence-electron chi connectivity index (χ4n) is 1.47. The molecule has 0 amide bonds. The average molecular weight is 302 g/mol. The maximum absolute atomic E-state index is 13.9. The van der Waals surface area contributed by atoms with Crippen molar-refractivity contribution in [2.24, 2.45) is 5.73 Å². The molecule has 1 atom stereocenters. The molecule has 0 radical (unpaired) electrons. The highest BCUT2D eigenvalue weighted by Crippen LogP contribution is 2.32. The van der Waals surface area contributed by atoms with Gasteiger partial charge in [-0.05, 0) is 13.8 Å². The lowest BCUT2D eigenvalue weighted by Gasteiger charge is -2.28. The van der Waals surface area contributed by atoms with Gasteiger partial charge in [0.25, 0.3) is 0 Å². The van der Waals surface area contributed by atoms with Crippen molar-refractivity contribution in [1.29, 1.82) is 0 Å². The molecular formula is C12H15FN2O4S. The van der Waals surface area contributed by atoms with E-state index in [-0.39, 0.29) is 11.3 Å². The molecule has 1 aromatic carbocycles. The minimum absolute atomic E-state index is 0.0987. The molecule has 0 bridgehead atoms. The molecule has 0 saturated heterocycles. The number of thioether (sulfide) groups is 1. The van der Waals surface area contributed by atoms with Crippen LogP contribution in [0.1, 0.15) is 19.4 Å². The molecule has 20 heavy (non-hydrogen) atoms. The van der Waals surface area contributed by atoms with E-state index in [2.05, 4.69) is 0 Å². The normalized spacial score (nSPS) is 13.0. The van der Waals surface area contributed by atoms with Gasteiger partial charge in [-0.25, -0.2) is 0 Å². The molecular weight excluding hydrogens is 287 g/mol. The molecule has 1 aromatic rings. The summed E-state index contributed by atoms with van der Waals surface area (Å²) in [5, 5.41) is 19.5. The lowest BCUT2D eigenvalue weighted by atomic mass is 10.1. The Labute approximate surface area is 119 Å². The predicted octanol–water partition coefficient (Wildman–Crippen LogP) is 2.16. The van der Waals surface area contributed by atoms with Gasteiger partial charge < -0.3 is 10.8 Å². The number of benzene rings is 1. The van der Waals surface area contributed by atoms with Crippen LogP contribution < -0.4 is 5.73 Å². The molecule has 0 unspecified atom stereocenters. The van der Waals surface area contributed by atoms with E-state index in [9.17, 15) is 19.3 Å². The molecule has 1 rings (SSSR count). The van der Waals surface area contributed by atoms with Gasteiger partial charge in [0.15, 0.2) is 0 Å². The van der Waals surface area contributed by atoms with Crippen LogP contribution >= 0.6 is 11.8 Å². The zero-order valence-electron chi connectivity index (χ0n) is 11.0. The van der Waals surface area contributed by atoms with Crippen molar-refractivity contribution in [2.75, 3.05) is 0 Å². The van der Waals surface area contributed by atoms with Gasteiger partial charge in [-0.1, -0.05) is 12.1 Å². The Morgan fingerprint density at radius 2 is 2.20 bits per heavy atom. The number of nitro benzene ring substituents is 1. The minimum atomic E-state index is -1.15. The Hall–Kier alpha value is -1.67. The summed E-state index contributed by atoms with van der Waals surface area (Å²) in [4.78, 5) is 20.7. The second kappa shape index (κ2) is 6.19. The van der Waals surface area contributed by atoms with E-state index in [0.717, 1.165) is 17.8 Å². The molecule has 3 N–H and O–H groups in total. The molecule has 0 aliphatic rings. The molecule has 8 heteroatoms. The van der Waals surface area contributed by atoms with Gasteiger partial charge in [0.05, 0.1) is 4.92 Å². The average Bonchev–Trinajstić information content (AvgIpc) is 2.36. The SMILES string of the molecule is CC(C)(SCc1cccc([N+](=O)[O-])c1F)[C@@H](N)C(=O)O. The quantitative estimate of drug-likeness (QED) is 0.616. The third kappa shape index (κ3) is 3.67. The first-order chi connectivity index (χ1) is 9.16. The van der Waals surface area contributed by atoms with Gasteiger partial charge in [-0.15, -0.1) is 11.8 Å². The fraction of sp³-hybridized carbons (Fsp3) is 0.417. The standard InChI is InChI=1S/C12H15FN2O4S/c1-12(2,10(14)11(16)17)20-6-7-4-3-5-8(9(7)13)15(18)19/h3-5,10H,6,14H2,1-2H3,(H,16,17)/t10-/m0/s1. The summed E-state index contributed by atoms with van der Waals surface area (Å²) in [6.45, 7) is 3.26. The molecule has 6 nitrogen and oxygen atoms in total. The molecule has 0 spiro atoms. The van der Waals surface area contributed by atoms with Crippen molar-refractivity contribution in [3.63, 3.8) is 0 Å². The summed E-state index contributed by atoms with van der Waals surface area (Å²) in [5.41, 5.74) is 5.11. The molecule has 0 aliphatic carbocycles. The topological polar surface area (TPSA) is 106 Å². The van der Waals surface area contributed by atoms with E-state index in [4.69, 9.17) is 10.8 Å². The maximum Gasteiger partial charge on any atom is 0.321 e. The smallest absolute Gasteiger partial charge is 0.321 e. The number of hydrogen-bond donors (Lipinski definition) is 2. The predicted molar refractivity (Wildman–Crippen MR) is 74.0 cm³/mol. The number of aliphatic carboxylic acids is 1. The zero-order chi connectivity index (χ0) is 15.5. The van der Waals surface area contributed by atoms with Crippen molar-refractivity contribution in [3.8, 4) is 0 Å². The number of nitrogens with zero attached hydrogens (tertiary/aromatic N) is 1. The van der Waals surface area contributed by atoms with Gasteiger partial charge in [0.1, 0.15) is 6.04 Å². The summed E-state index contributed by atoms with van der Waals surface area (Å²) < 4.78 is 13.0. The second-order valence-electron chi connectivity index (χ2n) is 4.72. The largest absolute Gasteiger partial charge is 0.480 e. The Morgan fingerprint density at radius 1 is 1.60 bits per heavy atom. The number of nitrogens with two attached hydrogens (primary N) is 1. The van der Waals surface area contributed by atoms with E-state index in [1.54, 1.807) is 13.8 Å². The monoisotopic (exact) mass is 302 g/mol. The Kier molecular flexibility index (Phi) is 5.07. The van der Waals surface area contributed by atoms with Crippen LogP contribution in [-0.2, 0) is 10.5 Å². The van der Waals surface area contributed by atoms with Gasteiger partial charge in [-0.2, -0.15) is 4.39 Å². The number of rotatable bonds is 6. The Bertz CT molecular complexity index is 536. The highest BCUT2D eigenvalue weighted by atomic mass is 32.2. The van der Waals surface area contributed by atoms with Crippen LogP contribution in [0.15, 0.2) is 18.2 Å². The van der Waals surface area contributed by atoms with Crippen LogP contribution in [0.25, 0.3) is 0 Å². The first-order valence-corrected chi connectivity index (χ1v) is 6.69. The minimum Gasteiger partial charge on any atom is -0.480 e. The van der Waals surface area contributed by atoms with Crippen molar-refractivity contribution in [1.82, 2.24) is 0 Å². The highest BCUT2D eigenvalue weighted by Gasteiger charge is 2.33. The number of halogens is 1. The van der Waals surface area contributed by atoms with Crippen molar-refractivity contribution < 1.29 is 19.2 Å². The van der Waals surface area contributed by atoms with Gasteiger partial charge in [-0.3, -0.25) is 14.9 Å². The van der Waals surface area contributed by atoms with Crippen molar-refractivity contribution in [3.05, 3.63) is 39.7 Å². The summed E-state index contributed by atoms with van der Waals surface area (Å²) >= 11 is 1.13. The van der Waals surface area contributed by atoms with Gasteiger partial charge >= 0.3 is 11.7 Å². The van der Waals surface area contributed by atoms with E-state index in [0.29, 0.717) is 0 Å². The lowest BCUT2D eigenvalue weighted by Crippen LogP contribution is -2.46. The number of carboxylic acids is 1. The van der Waals surface area contributed by atoms with Crippen LogP contribution in [0, 0.1) is 15.9 Å². The van der Waals surface area contributed by atoms with E-state index < -0.39 is 33.2 Å². The number of hydrogen-bond acceptors (Lipinski definition) is 5. The fourth-order valence-corrected chi connectivity index (χ4v) is 2.50. The lowest BCUT2D eigenvalue weighted by molar-refractivity contribution is -0.387. The van der Waals surface area contributed by atoms with Gasteiger partial charge in [0.2, 0.25) is 5.82 Å². The Morgan fingerprint density at radius 3 is 2.70 bits per heavy atom. The second-order valence-corrected chi connectivity index (χ2v) is 6.34. The van der Waals surface area contributed by atoms with Crippen molar-refractivity contribution >= 4 is 23.4 Å². The summed E-state index contributed by atoms with van der Waals surface area (Å²) in [5.74, 6) is -1.95. The molecule has 0 aromatic heterocycles. The van der Waals surface area contributed by atoms with Crippen LogP contribution in [-0.4, -0.2) is 26.8 Å². The molecule has 0 aliphatic heterocycles. The third-order valence-electron chi connectivity index (χ3n) is 2.87. The van der Waals surface area contributed by atoms with E-state index in [1.165, 1.54) is 12.1 Å². The first kappa shape index (κ1) is 16.4. The zero-order valence-corrected chi connectivity index (χ0v) is 11.8. The molecule has 0 fully saturated rings. The highest BCUT2D eigenvalue weighted by molar-refractivity contribution is 7.99. The van der Waals surface area contributed by atoms with Crippen LogP contribution in [0.3, 0.4) is 0 Å². The molecule has 110 valence electrons.